The molecular weight excluding hydrogens is 368 g/mol. The van der Waals surface area contributed by atoms with Crippen molar-refractivity contribution in [3.05, 3.63) is 39.7 Å². The summed E-state index contributed by atoms with van der Waals surface area (Å²) < 4.78 is 32.1. The monoisotopic (exact) mass is 389 g/mol. The average Bonchev–Trinajstić information content (AvgIpc) is 3.31. The zero-order valence-electron chi connectivity index (χ0n) is 15.2. The Morgan fingerprint density at radius 1 is 1.18 bits per heavy atom. The van der Waals surface area contributed by atoms with E-state index in [4.69, 9.17) is 5.73 Å². The maximum absolute atomic E-state index is 15.6. The Labute approximate surface area is 159 Å². The van der Waals surface area contributed by atoms with Gasteiger partial charge in [0.25, 0.3) is 0 Å². The molecule has 5 rings (SSSR count). The Morgan fingerprint density at radius 3 is 2.57 bits per heavy atom. The number of benzene rings is 1. The Kier molecular flexibility index (Phi) is 3.78. The third kappa shape index (κ3) is 2.47. The van der Waals surface area contributed by atoms with Gasteiger partial charge in [-0.25, -0.2) is 13.6 Å². The van der Waals surface area contributed by atoms with Crippen molar-refractivity contribution in [3.63, 3.8) is 0 Å². The smallest absolute Gasteiger partial charge is 0.341 e. The van der Waals surface area contributed by atoms with E-state index >= 15 is 4.39 Å². The Bertz CT molecular complexity index is 1060. The van der Waals surface area contributed by atoms with Crippen LogP contribution in [0.15, 0.2) is 17.1 Å². The van der Waals surface area contributed by atoms with Crippen LogP contribution in [-0.4, -0.2) is 34.8 Å². The van der Waals surface area contributed by atoms with Crippen molar-refractivity contribution >= 4 is 22.6 Å². The molecular formula is C20H21F2N3O3. The number of carboxylic acids is 1. The van der Waals surface area contributed by atoms with Crippen LogP contribution < -0.4 is 16.1 Å². The molecule has 1 aliphatic heterocycles. The third-order valence-corrected chi connectivity index (χ3v) is 6.58. The topological polar surface area (TPSA) is 88.6 Å². The molecule has 2 heterocycles. The highest BCUT2D eigenvalue weighted by atomic mass is 19.1. The quantitative estimate of drug-likeness (QED) is 0.842. The molecule has 0 radical (unpaired) electrons. The van der Waals surface area contributed by atoms with Crippen molar-refractivity contribution in [1.82, 2.24) is 4.57 Å². The standard InChI is InChI=1S/C20H21F2N3O3/c21-14-5-11-17(25(10-2-3-10)8-13(19(11)26)20(27)28)16(22)18(14)24-6-9-1-4-15(23)12(9)7-24/h5,8-10,12,15H,1-4,6-7,23H2,(H,27,28)/t9-,12+,15+/m1/s1. The molecule has 2 saturated carbocycles. The Balaban J connectivity index is 1.70. The summed E-state index contributed by atoms with van der Waals surface area (Å²) in [7, 11) is 0. The lowest BCUT2D eigenvalue weighted by Gasteiger charge is -2.24. The molecule has 8 heteroatoms. The fourth-order valence-electron chi connectivity index (χ4n) is 5.00. The first-order chi connectivity index (χ1) is 13.4. The molecule has 3 N–H and O–H groups in total. The van der Waals surface area contributed by atoms with Crippen molar-refractivity contribution in [2.45, 2.75) is 37.8 Å². The molecule has 1 aromatic carbocycles. The highest BCUT2D eigenvalue weighted by molar-refractivity contribution is 5.94. The summed E-state index contributed by atoms with van der Waals surface area (Å²) in [6.07, 6.45) is 4.63. The molecule has 3 atom stereocenters. The van der Waals surface area contributed by atoms with Crippen LogP contribution in [-0.2, 0) is 0 Å². The fourth-order valence-corrected chi connectivity index (χ4v) is 5.00. The lowest BCUT2D eigenvalue weighted by Crippen LogP contribution is -2.31. The fraction of sp³-hybridized carbons (Fsp3) is 0.500. The third-order valence-electron chi connectivity index (χ3n) is 6.58. The molecule has 0 spiro atoms. The number of hydrogen-bond acceptors (Lipinski definition) is 4. The van der Waals surface area contributed by atoms with Crippen molar-refractivity contribution in [1.29, 1.82) is 0 Å². The highest BCUT2D eigenvalue weighted by Crippen LogP contribution is 2.43. The van der Waals surface area contributed by atoms with E-state index in [9.17, 15) is 19.1 Å². The zero-order valence-corrected chi connectivity index (χ0v) is 15.2. The van der Waals surface area contributed by atoms with E-state index in [0.29, 0.717) is 19.0 Å². The Hall–Kier alpha value is -2.48. The van der Waals surface area contributed by atoms with Gasteiger partial charge in [-0.3, -0.25) is 4.79 Å². The van der Waals surface area contributed by atoms with E-state index in [1.807, 2.05) is 0 Å². The van der Waals surface area contributed by atoms with Gasteiger partial charge < -0.3 is 20.3 Å². The summed E-state index contributed by atoms with van der Waals surface area (Å²) in [6, 6.07) is 0.972. The van der Waals surface area contributed by atoms with Gasteiger partial charge in [-0.05, 0) is 43.6 Å². The number of aromatic nitrogens is 1. The number of nitrogens with zero attached hydrogens (tertiary/aromatic N) is 2. The number of anilines is 1. The van der Waals surface area contributed by atoms with E-state index in [-0.39, 0.29) is 34.6 Å². The summed E-state index contributed by atoms with van der Waals surface area (Å²) in [5.74, 6) is -2.48. The number of fused-ring (bicyclic) bond motifs is 2. The molecule has 6 nitrogen and oxygen atoms in total. The maximum atomic E-state index is 15.6. The van der Waals surface area contributed by atoms with Crippen molar-refractivity contribution < 1.29 is 18.7 Å². The lowest BCUT2D eigenvalue weighted by molar-refractivity contribution is 0.0695. The van der Waals surface area contributed by atoms with Crippen LogP contribution in [0.3, 0.4) is 0 Å². The minimum Gasteiger partial charge on any atom is -0.477 e. The molecule has 28 heavy (non-hydrogen) atoms. The minimum absolute atomic E-state index is 0.00439. The van der Waals surface area contributed by atoms with Crippen molar-refractivity contribution in [2.75, 3.05) is 18.0 Å². The molecule has 1 saturated heterocycles. The second-order valence-corrected chi connectivity index (χ2v) is 8.30. The molecule has 3 fully saturated rings. The largest absolute Gasteiger partial charge is 0.477 e. The number of hydrogen-bond donors (Lipinski definition) is 2. The van der Waals surface area contributed by atoms with Gasteiger partial charge in [-0.15, -0.1) is 0 Å². The van der Waals surface area contributed by atoms with Gasteiger partial charge in [-0.1, -0.05) is 0 Å². The van der Waals surface area contributed by atoms with E-state index in [0.717, 1.165) is 31.7 Å². The van der Waals surface area contributed by atoms with Crippen molar-refractivity contribution in [2.24, 2.45) is 17.6 Å². The maximum Gasteiger partial charge on any atom is 0.341 e. The summed E-state index contributed by atoms with van der Waals surface area (Å²) in [4.78, 5) is 25.7. The number of aromatic carboxylic acids is 1. The molecule has 2 aliphatic carbocycles. The first-order valence-electron chi connectivity index (χ1n) is 9.67. The molecule has 0 amide bonds. The number of carbonyl (C=O) groups is 1. The normalized spacial score (nSPS) is 26.8. The second kappa shape index (κ2) is 6.01. The van der Waals surface area contributed by atoms with Crippen LogP contribution in [0.1, 0.15) is 42.1 Å². The molecule has 148 valence electrons. The van der Waals surface area contributed by atoms with Gasteiger partial charge in [0, 0.05) is 31.4 Å². The van der Waals surface area contributed by atoms with Crippen LogP contribution in [0.2, 0.25) is 0 Å². The van der Waals surface area contributed by atoms with Crippen LogP contribution in [0, 0.1) is 23.5 Å². The van der Waals surface area contributed by atoms with E-state index in [1.54, 1.807) is 4.90 Å². The Morgan fingerprint density at radius 2 is 1.93 bits per heavy atom. The number of halogens is 2. The molecule has 1 aromatic heterocycles. The van der Waals surface area contributed by atoms with E-state index in [1.165, 1.54) is 10.8 Å². The zero-order chi connectivity index (χ0) is 19.7. The predicted octanol–water partition coefficient (Wildman–Crippen LogP) is 2.49. The second-order valence-electron chi connectivity index (χ2n) is 8.30. The van der Waals surface area contributed by atoms with E-state index in [2.05, 4.69) is 0 Å². The number of carboxylic acid groups (broad SMARTS) is 1. The first kappa shape index (κ1) is 17.6. The van der Waals surface area contributed by atoms with Gasteiger partial charge >= 0.3 is 5.97 Å². The molecule has 0 bridgehead atoms. The number of pyridine rings is 1. The van der Waals surface area contributed by atoms with Crippen LogP contribution in [0.5, 0.6) is 0 Å². The molecule has 0 unspecified atom stereocenters. The van der Waals surface area contributed by atoms with Gasteiger partial charge in [0.2, 0.25) is 5.43 Å². The van der Waals surface area contributed by atoms with Crippen LogP contribution in [0.25, 0.3) is 10.9 Å². The van der Waals surface area contributed by atoms with Crippen LogP contribution in [0.4, 0.5) is 14.5 Å². The number of rotatable bonds is 3. The molecule has 3 aliphatic rings. The summed E-state index contributed by atoms with van der Waals surface area (Å²) >= 11 is 0. The first-order valence-corrected chi connectivity index (χ1v) is 9.67. The summed E-state index contributed by atoms with van der Waals surface area (Å²) in [6.45, 7) is 1.03. The lowest BCUT2D eigenvalue weighted by atomic mass is 9.98. The predicted molar refractivity (Wildman–Crippen MR) is 99.8 cm³/mol. The van der Waals surface area contributed by atoms with Gasteiger partial charge in [0.15, 0.2) is 5.82 Å². The van der Waals surface area contributed by atoms with Gasteiger partial charge in [-0.2, -0.15) is 0 Å². The SMILES string of the molecule is N[C@H]1CC[C@@H]2CN(c3c(F)cc4c(=O)c(C(=O)O)cn(C5CC5)c4c3F)C[C@@H]21. The minimum atomic E-state index is -1.40. The van der Waals surface area contributed by atoms with E-state index < -0.39 is 28.6 Å². The van der Waals surface area contributed by atoms with Gasteiger partial charge in [0.1, 0.15) is 17.1 Å². The number of nitrogens with two attached hydrogens (primary N) is 1. The molecule has 2 aromatic rings. The van der Waals surface area contributed by atoms with Crippen molar-refractivity contribution in [3.8, 4) is 0 Å². The van der Waals surface area contributed by atoms with Gasteiger partial charge in [0.05, 0.1) is 10.9 Å². The average molecular weight is 389 g/mol. The van der Waals surface area contributed by atoms with Crippen LogP contribution >= 0.6 is 0 Å². The highest BCUT2D eigenvalue weighted by Gasteiger charge is 2.42. The summed E-state index contributed by atoms with van der Waals surface area (Å²) in [5.41, 5.74) is 4.69. The summed E-state index contributed by atoms with van der Waals surface area (Å²) in [5, 5.41) is 9.09.